The van der Waals surface area contributed by atoms with Crippen molar-refractivity contribution in [2.75, 3.05) is 0 Å². The number of rotatable bonds is 3. The third-order valence-corrected chi connectivity index (χ3v) is 5.53. The van der Waals surface area contributed by atoms with E-state index >= 15 is 0 Å². The number of nitrogens with zero attached hydrogens (tertiary/aromatic N) is 3. The highest BCUT2D eigenvalue weighted by atomic mass is 33.1. The number of amidine groups is 1. The molecule has 1 aromatic carbocycles. The Morgan fingerprint density at radius 2 is 2.16 bits per heavy atom. The summed E-state index contributed by atoms with van der Waals surface area (Å²) in [5.41, 5.74) is 1.04. The van der Waals surface area contributed by atoms with Gasteiger partial charge in [0.2, 0.25) is 0 Å². The number of para-hydroxylation sites is 1. The third kappa shape index (κ3) is 4.19. The van der Waals surface area contributed by atoms with Crippen LogP contribution in [0.3, 0.4) is 0 Å². The lowest BCUT2D eigenvalue weighted by Gasteiger charge is -1.95. The molecule has 0 fully saturated rings. The fourth-order valence-electron chi connectivity index (χ4n) is 1.28. The van der Waals surface area contributed by atoms with Gasteiger partial charge in [-0.15, -0.1) is 11.3 Å². The summed E-state index contributed by atoms with van der Waals surface area (Å²) in [5.74, 6) is 0. The molecule has 0 unspecified atom stereocenters. The predicted molar refractivity (Wildman–Crippen MR) is 89.5 cm³/mol. The number of aliphatic imine (C=N–C) groups is 2. The number of fused-ring (bicyclic) bond motifs is 1. The van der Waals surface area contributed by atoms with Gasteiger partial charge in [0.25, 0.3) is 0 Å². The molecule has 0 aliphatic heterocycles. The molecule has 6 heteroatoms. The highest BCUT2D eigenvalue weighted by molar-refractivity contribution is 8.82. The summed E-state index contributed by atoms with van der Waals surface area (Å²) in [4.78, 5) is 13.0. The van der Waals surface area contributed by atoms with Crippen molar-refractivity contribution in [2.24, 2.45) is 9.98 Å². The van der Waals surface area contributed by atoms with E-state index in [4.69, 9.17) is 0 Å². The fourth-order valence-corrected chi connectivity index (χ4v) is 4.34. The van der Waals surface area contributed by atoms with Gasteiger partial charge in [-0.05, 0) is 47.6 Å². The van der Waals surface area contributed by atoms with Crippen molar-refractivity contribution in [2.45, 2.75) is 18.2 Å². The van der Waals surface area contributed by atoms with E-state index < -0.39 is 0 Å². The molecule has 2 rings (SSSR count). The zero-order valence-electron chi connectivity index (χ0n) is 10.6. The number of hydrogen-bond acceptors (Lipinski definition) is 5. The second-order valence-electron chi connectivity index (χ2n) is 3.40. The van der Waals surface area contributed by atoms with Crippen LogP contribution in [0.2, 0.25) is 0 Å². The zero-order chi connectivity index (χ0) is 13.5. The van der Waals surface area contributed by atoms with Crippen LogP contribution in [-0.2, 0) is 0 Å². The van der Waals surface area contributed by atoms with E-state index in [1.165, 1.54) is 15.5 Å². The van der Waals surface area contributed by atoms with Crippen molar-refractivity contribution in [1.82, 2.24) is 4.98 Å². The van der Waals surface area contributed by atoms with E-state index in [1.54, 1.807) is 34.5 Å². The van der Waals surface area contributed by atoms with Crippen LogP contribution in [0, 0.1) is 0 Å². The van der Waals surface area contributed by atoms with E-state index in [0.717, 1.165) is 15.0 Å². The molecule has 0 N–H and O–H groups in total. The molecule has 2 aromatic rings. The van der Waals surface area contributed by atoms with Crippen LogP contribution in [0.25, 0.3) is 10.2 Å². The molecule has 0 saturated heterocycles. The van der Waals surface area contributed by atoms with Gasteiger partial charge in [0, 0.05) is 12.4 Å². The first kappa shape index (κ1) is 14.3. The Kier molecular flexibility index (Phi) is 5.62. The molecular weight excluding hydrogens is 294 g/mol. The summed E-state index contributed by atoms with van der Waals surface area (Å²) in [6, 6.07) is 8.15. The summed E-state index contributed by atoms with van der Waals surface area (Å²) in [6.45, 7) is 3.82. The summed E-state index contributed by atoms with van der Waals surface area (Å²) < 4.78 is 2.22. The van der Waals surface area contributed by atoms with Crippen molar-refractivity contribution >= 4 is 54.5 Å². The van der Waals surface area contributed by atoms with Gasteiger partial charge in [-0.25, -0.2) is 15.0 Å². The Morgan fingerprint density at radius 3 is 2.89 bits per heavy atom. The molecule has 0 radical (unpaired) electrons. The molecule has 0 amide bonds. The van der Waals surface area contributed by atoms with Crippen molar-refractivity contribution in [3.8, 4) is 0 Å². The maximum absolute atomic E-state index is 4.56. The highest BCUT2D eigenvalue weighted by Crippen LogP contribution is 2.37. The summed E-state index contributed by atoms with van der Waals surface area (Å²) in [5, 5.41) is 0.727. The first-order valence-corrected chi connectivity index (χ1v) is 8.68. The van der Waals surface area contributed by atoms with E-state index in [-0.39, 0.29) is 0 Å². The summed E-state index contributed by atoms with van der Waals surface area (Å²) in [7, 11) is 3.11. The van der Waals surface area contributed by atoms with E-state index in [1.807, 2.05) is 38.1 Å². The van der Waals surface area contributed by atoms with Gasteiger partial charge in [-0.1, -0.05) is 18.2 Å². The first-order chi connectivity index (χ1) is 9.33. The van der Waals surface area contributed by atoms with E-state index in [9.17, 15) is 0 Å². The normalized spacial score (nSPS) is 13.1. The Hall–Kier alpha value is -1.11. The van der Waals surface area contributed by atoms with Crippen molar-refractivity contribution in [3.05, 3.63) is 36.5 Å². The molecule has 19 heavy (non-hydrogen) atoms. The number of aromatic nitrogens is 1. The average Bonchev–Trinajstić information content (AvgIpc) is 2.84. The minimum Gasteiger partial charge on any atom is -0.235 e. The van der Waals surface area contributed by atoms with Gasteiger partial charge >= 0.3 is 0 Å². The van der Waals surface area contributed by atoms with Crippen LogP contribution in [0.15, 0.2) is 50.9 Å². The second-order valence-corrected chi connectivity index (χ2v) is 6.77. The van der Waals surface area contributed by atoms with E-state index in [2.05, 4.69) is 21.0 Å². The van der Waals surface area contributed by atoms with Crippen molar-refractivity contribution in [1.29, 1.82) is 0 Å². The van der Waals surface area contributed by atoms with Gasteiger partial charge in [-0.2, -0.15) is 0 Å². The van der Waals surface area contributed by atoms with Crippen molar-refractivity contribution < 1.29 is 0 Å². The van der Waals surface area contributed by atoms with Gasteiger partial charge in [0.15, 0.2) is 9.51 Å². The molecule has 0 atom stereocenters. The van der Waals surface area contributed by atoms with Crippen molar-refractivity contribution in [3.63, 3.8) is 0 Å². The zero-order valence-corrected chi connectivity index (χ0v) is 13.1. The Labute approximate surface area is 124 Å². The quantitative estimate of drug-likeness (QED) is 0.454. The van der Waals surface area contributed by atoms with Gasteiger partial charge < -0.3 is 0 Å². The standard InChI is InChI=1S/C13H13N3S3/c1-3-9-15-12(14-4-2)18-19-13-16-10-7-5-6-8-11(10)17-13/h3-9H,1-2H3/b9-3+,14-4-,15-12+. The molecule has 0 aliphatic rings. The SMILES string of the molecule is C\C=N/C(=N\C=C\C)SSc1nc2ccccc2s1. The third-order valence-electron chi connectivity index (χ3n) is 2.04. The maximum atomic E-state index is 4.56. The Balaban J connectivity index is 2.08. The number of benzene rings is 1. The molecule has 0 bridgehead atoms. The molecule has 3 nitrogen and oxygen atoms in total. The Morgan fingerprint density at radius 1 is 1.32 bits per heavy atom. The molecule has 0 spiro atoms. The first-order valence-electron chi connectivity index (χ1n) is 5.71. The number of allylic oxidation sites excluding steroid dienone is 1. The lowest BCUT2D eigenvalue weighted by atomic mass is 10.3. The van der Waals surface area contributed by atoms with Crippen LogP contribution in [-0.4, -0.2) is 16.4 Å². The summed E-state index contributed by atoms with van der Waals surface area (Å²) in [6.07, 6.45) is 5.37. The van der Waals surface area contributed by atoms with Gasteiger partial charge in [-0.3, -0.25) is 0 Å². The lowest BCUT2D eigenvalue weighted by molar-refractivity contribution is 1.31. The highest BCUT2D eigenvalue weighted by Gasteiger charge is 2.06. The minimum atomic E-state index is 0.727. The number of thiazole rings is 1. The average molecular weight is 307 g/mol. The molecule has 0 aliphatic carbocycles. The predicted octanol–water partition coefficient (Wildman–Crippen LogP) is 5.02. The molecule has 1 aromatic heterocycles. The maximum Gasteiger partial charge on any atom is 0.198 e. The Bertz CT molecular complexity index is 596. The van der Waals surface area contributed by atoms with Crippen LogP contribution in [0.1, 0.15) is 13.8 Å². The monoisotopic (exact) mass is 307 g/mol. The minimum absolute atomic E-state index is 0.727. The van der Waals surface area contributed by atoms with Crippen LogP contribution < -0.4 is 0 Å². The fraction of sp³-hybridized carbons (Fsp3) is 0.154. The molecular formula is C13H13N3S3. The molecule has 98 valence electrons. The second kappa shape index (κ2) is 7.47. The summed E-state index contributed by atoms with van der Waals surface area (Å²) >= 11 is 1.69. The van der Waals surface area contributed by atoms with Crippen LogP contribution in [0.5, 0.6) is 0 Å². The largest absolute Gasteiger partial charge is 0.235 e. The smallest absolute Gasteiger partial charge is 0.198 e. The topological polar surface area (TPSA) is 37.6 Å². The number of hydrogen-bond donors (Lipinski definition) is 0. The van der Waals surface area contributed by atoms with Gasteiger partial charge in [0.1, 0.15) is 0 Å². The molecule has 0 saturated carbocycles. The van der Waals surface area contributed by atoms with Crippen LogP contribution in [0.4, 0.5) is 0 Å². The van der Waals surface area contributed by atoms with Crippen LogP contribution >= 0.6 is 32.9 Å². The molecule has 1 heterocycles. The van der Waals surface area contributed by atoms with Gasteiger partial charge in [0.05, 0.1) is 10.2 Å². The van der Waals surface area contributed by atoms with E-state index in [0.29, 0.717) is 0 Å². The lowest BCUT2D eigenvalue weighted by Crippen LogP contribution is -1.83.